The third kappa shape index (κ3) is 5.92. The van der Waals surface area contributed by atoms with Gasteiger partial charge in [-0.15, -0.1) is 0 Å². The van der Waals surface area contributed by atoms with E-state index in [-0.39, 0.29) is 6.04 Å². The molecule has 124 valence electrons. The van der Waals surface area contributed by atoms with Gasteiger partial charge in [-0.25, -0.2) is 9.79 Å². The van der Waals surface area contributed by atoms with E-state index in [2.05, 4.69) is 35.1 Å². The van der Waals surface area contributed by atoms with Crippen LogP contribution < -0.4 is 5.32 Å². The van der Waals surface area contributed by atoms with E-state index in [1.165, 1.54) is 0 Å². The highest BCUT2D eigenvalue weighted by Gasteiger charge is 2.19. The van der Waals surface area contributed by atoms with Crippen molar-refractivity contribution in [2.24, 2.45) is 4.99 Å². The molecule has 0 aliphatic carbocycles. The number of carbonyl (C=O) groups excluding carboxylic acids is 1. The monoisotopic (exact) mass is 307 g/mol. The molecule has 0 aromatic carbocycles. The van der Waals surface area contributed by atoms with E-state index in [4.69, 9.17) is 4.74 Å². The van der Waals surface area contributed by atoms with Crippen LogP contribution in [0.4, 0.5) is 4.79 Å². The molecule has 0 aromatic rings. The Labute approximate surface area is 134 Å². The molecule has 0 fully saturated rings. The fourth-order valence-corrected chi connectivity index (χ4v) is 2.23. The highest BCUT2D eigenvalue weighted by molar-refractivity contribution is 5.85. The van der Waals surface area contributed by atoms with Gasteiger partial charge in [-0.2, -0.15) is 0 Å². The number of amides is 1. The Hall–Kier alpha value is -1.78. The van der Waals surface area contributed by atoms with Gasteiger partial charge in [-0.05, 0) is 53.2 Å². The SMILES string of the molecule is CCN(CC)C1=NC=CC(C(C)NC(=O)OC(C)(C)C)=CC1. The summed E-state index contributed by atoms with van der Waals surface area (Å²) in [4.78, 5) is 18.6. The van der Waals surface area contributed by atoms with E-state index >= 15 is 0 Å². The van der Waals surface area contributed by atoms with Crippen molar-refractivity contribution in [3.05, 3.63) is 23.9 Å². The molecular weight excluding hydrogens is 278 g/mol. The molecule has 0 saturated carbocycles. The number of nitrogens with zero attached hydrogens (tertiary/aromatic N) is 2. The van der Waals surface area contributed by atoms with E-state index in [0.29, 0.717) is 0 Å². The zero-order valence-corrected chi connectivity index (χ0v) is 14.6. The standard InChI is InChI=1S/C17H29N3O2/c1-7-20(8-2)15-10-9-14(11-12-18-15)13(3)19-16(21)22-17(4,5)6/h9,11-13H,7-8,10H2,1-6H3,(H,19,21). The van der Waals surface area contributed by atoms with Crippen LogP contribution in [0.2, 0.25) is 0 Å². The highest BCUT2D eigenvalue weighted by atomic mass is 16.6. The minimum absolute atomic E-state index is 0.114. The summed E-state index contributed by atoms with van der Waals surface area (Å²) in [5.74, 6) is 1.06. The molecule has 1 aliphatic rings. The topological polar surface area (TPSA) is 53.9 Å². The third-order valence-electron chi connectivity index (χ3n) is 3.37. The van der Waals surface area contributed by atoms with E-state index < -0.39 is 11.7 Å². The number of nitrogens with one attached hydrogen (secondary N) is 1. The number of ether oxygens (including phenoxy) is 1. The average Bonchev–Trinajstić information content (AvgIpc) is 2.64. The summed E-state index contributed by atoms with van der Waals surface area (Å²) >= 11 is 0. The lowest BCUT2D eigenvalue weighted by Crippen LogP contribution is -2.38. The first kappa shape index (κ1) is 18.3. The van der Waals surface area contributed by atoms with Gasteiger partial charge in [-0.1, -0.05) is 6.08 Å². The molecular formula is C17H29N3O2. The lowest BCUT2D eigenvalue weighted by atomic mass is 10.1. The Morgan fingerprint density at radius 1 is 1.41 bits per heavy atom. The molecule has 22 heavy (non-hydrogen) atoms. The van der Waals surface area contributed by atoms with E-state index in [0.717, 1.165) is 30.9 Å². The first-order valence-electron chi connectivity index (χ1n) is 7.94. The molecule has 1 N–H and O–H groups in total. The van der Waals surface area contributed by atoms with Crippen LogP contribution in [0.1, 0.15) is 48.0 Å². The van der Waals surface area contributed by atoms with E-state index in [1.54, 1.807) is 6.20 Å². The van der Waals surface area contributed by atoms with Gasteiger partial charge in [0, 0.05) is 25.7 Å². The predicted molar refractivity (Wildman–Crippen MR) is 91.0 cm³/mol. The maximum absolute atomic E-state index is 11.8. The molecule has 1 rings (SSSR count). The number of amidine groups is 1. The van der Waals surface area contributed by atoms with Gasteiger partial charge in [0.25, 0.3) is 0 Å². The molecule has 0 spiro atoms. The molecule has 1 unspecified atom stereocenters. The molecule has 1 aliphatic heterocycles. The Morgan fingerprint density at radius 2 is 2.05 bits per heavy atom. The van der Waals surface area contributed by atoms with Crippen LogP contribution in [0, 0.1) is 0 Å². The van der Waals surface area contributed by atoms with Gasteiger partial charge < -0.3 is 15.0 Å². The van der Waals surface area contributed by atoms with Crippen molar-refractivity contribution in [2.75, 3.05) is 13.1 Å². The summed E-state index contributed by atoms with van der Waals surface area (Å²) in [7, 11) is 0. The van der Waals surface area contributed by atoms with Crippen molar-refractivity contribution in [1.29, 1.82) is 0 Å². The molecule has 0 bridgehead atoms. The number of hydrogen-bond donors (Lipinski definition) is 1. The van der Waals surface area contributed by atoms with Crippen molar-refractivity contribution < 1.29 is 9.53 Å². The third-order valence-corrected chi connectivity index (χ3v) is 3.37. The fourth-order valence-electron chi connectivity index (χ4n) is 2.23. The summed E-state index contributed by atoms with van der Waals surface area (Å²) in [5, 5.41) is 2.86. The van der Waals surface area contributed by atoms with Crippen LogP contribution >= 0.6 is 0 Å². The van der Waals surface area contributed by atoms with Crippen LogP contribution in [-0.2, 0) is 4.74 Å². The Balaban J connectivity index is 2.65. The van der Waals surface area contributed by atoms with Crippen LogP contribution in [0.3, 0.4) is 0 Å². The van der Waals surface area contributed by atoms with Crippen molar-refractivity contribution in [3.63, 3.8) is 0 Å². The average molecular weight is 307 g/mol. The molecule has 5 heteroatoms. The van der Waals surface area contributed by atoms with Crippen LogP contribution in [0.15, 0.2) is 28.9 Å². The van der Waals surface area contributed by atoms with E-state index in [9.17, 15) is 4.79 Å². The van der Waals surface area contributed by atoms with Crippen molar-refractivity contribution in [1.82, 2.24) is 10.2 Å². The number of hydrogen-bond acceptors (Lipinski definition) is 4. The summed E-state index contributed by atoms with van der Waals surface area (Å²) < 4.78 is 5.29. The highest BCUT2D eigenvalue weighted by Crippen LogP contribution is 2.13. The molecule has 0 aromatic heterocycles. The van der Waals surface area contributed by atoms with Gasteiger partial charge in [-0.3, -0.25) is 0 Å². The second-order valence-corrected chi connectivity index (χ2v) is 6.31. The maximum atomic E-state index is 11.8. The van der Waals surface area contributed by atoms with Crippen LogP contribution in [-0.4, -0.2) is 41.6 Å². The molecule has 1 amide bonds. The van der Waals surface area contributed by atoms with Crippen molar-refractivity contribution in [3.8, 4) is 0 Å². The number of rotatable bonds is 4. The minimum atomic E-state index is -0.490. The smallest absolute Gasteiger partial charge is 0.408 e. The zero-order valence-electron chi connectivity index (χ0n) is 14.6. The first-order chi connectivity index (χ1) is 10.3. The summed E-state index contributed by atoms with van der Waals surface area (Å²) in [6.45, 7) is 13.6. The van der Waals surface area contributed by atoms with E-state index in [1.807, 2.05) is 33.8 Å². The molecule has 5 nitrogen and oxygen atoms in total. The normalized spacial score (nSPS) is 16.3. The predicted octanol–water partition coefficient (Wildman–Crippen LogP) is 3.48. The molecule has 1 heterocycles. The Kier molecular flexibility index (Phi) is 6.65. The van der Waals surface area contributed by atoms with Gasteiger partial charge in [0.05, 0.1) is 6.04 Å². The molecule has 1 atom stereocenters. The Bertz CT molecular complexity index is 469. The molecule has 0 saturated heterocycles. The largest absolute Gasteiger partial charge is 0.444 e. The number of aliphatic imine (C=N–C) groups is 1. The van der Waals surface area contributed by atoms with Crippen LogP contribution in [0.5, 0.6) is 0 Å². The Morgan fingerprint density at radius 3 is 2.59 bits per heavy atom. The van der Waals surface area contributed by atoms with Crippen LogP contribution in [0.25, 0.3) is 0 Å². The number of alkyl carbamates (subject to hydrolysis) is 1. The summed E-state index contributed by atoms with van der Waals surface area (Å²) in [6.07, 6.45) is 6.23. The second-order valence-electron chi connectivity index (χ2n) is 6.31. The fraction of sp³-hybridized carbons (Fsp3) is 0.647. The zero-order chi connectivity index (χ0) is 16.8. The first-order valence-corrected chi connectivity index (χ1v) is 7.94. The lowest BCUT2D eigenvalue weighted by molar-refractivity contribution is 0.0516. The van der Waals surface area contributed by atoms with Crippen molar-refractivity contribution >= 4 is 11.9 Å². The second kappa shape index (κ2) is 8.01. The summed E-state index contributed by atoms with van der Waals surface area (Å²) in [5.41, 5.74) is 0.549. The lowest BCUT2D eigenvalue weighted by Gasteiger charge is -2.23. The van der Waals surface area contributed by atoms with Gasteiger partial charge in [0.15, 0.2) is 0 Å². The minimum Gasteiger partial charge on any atom is -0.444 e. The van der Waals surface area contributed by atoms with Gasteiger partial charge >= 0.3 is 6.09 Å². The van der Waals surface area contributed by atoms with Gasteiger partial charge in [0.1, 0.15) is 11.4 Å². The van der Waals surface area contributed by atoms with Crippen molar-refractivity contribution in [2.45, 2.75) is 59.6 Å². The maximum Gasteiger partial charge on any atom is 0.408 e. The number of carbonyl (C=O) groups is 1. The summed E-state index contributed by atoms with van der Waals surface area (Å²) in [6, 6.07) is -0.114. The van der Waals surface area contributed by atoms with Gasteiger partial charge in [0.2, 0.25) is 0 Å². The molecule has 0 radical (unpaired) electrons. The quantitative estimate of drug-likeness (QED) is 0.865.